The molecule has 3 aromatic rings. The normalized spacial score (nSPS) is 23.2. The molecule has 7 aliphatic rings. The average Bonchev–Trinajstić information content (AvgIpc) is 3.60. The van der Waals surface area contributed by atoms with Crippen LogP contribution in [0.4, 0.5) is 11.4 Å². The maximum atomic E-state index is 4.24. The highest BCUT2D eigenvalue weighted by Gasteiger charge is 2.27. The second-order valence-corrected chi connectivity index (χ2v) is 22.3. The number of likely N-dealkylation sites (N-methyl/N-ethyl adjacent to an activating group) is 4. The molecule has 14 heteroatoms. The molecule has 14 nitrogen and oxygen atoms in total. The molecule has 398 valence electrons. The molecule has 71 heavy (non-hydrogen) atoms. The standard InChI is InChI=1S/C12H19N3.C12H18N2.2C11H23N3.C11H17N3/c1-11-10-12(4-5-13-11)15-7-3-6-14(2)8-9-15;1-10-9-12(3-6-13-10)11-4-7-14(2)8-5-11;2*1-12-5-3-11(4-6-12)14-9-7-13(2)8-10-14;1-10-9-11(3-4-12-10)14-7-5-13(2)6-8-14/h4-5,10H,3,6-9H2,1-2H3;3,6,9,11H,4-5,7-8H2,1-2H3;2*11H,3-10H2,1-2H3;3-4,9H,5-8H2,1-2H3. The van der Waals surface area contributed by atoms with Crippen LogP contribution in [0.1, 0.15) is 73.5 Å². The van der Waals surface area contributed by atoms with Crippen LogP contribution in [0.25, 0.3) is 0 Å². The van der Waals surface area contributed by atoms with Crippen LogP contribution in [0, 0.1) is 20.8 Å². The number of nitrogens with zero attached hydrogens (tertiary/aromatic N) is 14. The Morgan fingerprint density at radius 1 is 0.338 bits per heavy atom. The minimum atomic E-state index is 0.757. The van der Waals surface area contributed by atoms with Crippen molar-refractivity contribution in [1.82, 2.24) is 59.1 Å². The van der Waals surface area contributed by atoms with Crippen molar-refractivity contribution < 1.29 is 0 Å². The zero-order valence-corrected chi connectivity index (χ0v) is 46.7. The van der Waals surface area contributed by atoms with Gasteiger partial charge in [0.2, 0.25) is 0 Å². The molecule has 0 bridgehead atoms. The molecule has 10 heterocycles. The molecule has 7 fully saturated rings. The number of piperidine rings is 3. The van der Waals surface area contributed by atoms with Crippen LogP contribution in [0.3, 0.4) is 0 Å². The van der Waals surface area contributed by atoms with Crippen molar-refractivity contribution in [1.29, 1.82) is 0 Å². The number of hydrogen-bond donors (Lipinski definition) is 0. The first-order chi connectivity index (χ1) is 34.3. The Morgan fingerprint density at radius 3 is 1.06 bits per heavy atom. The van der Waals surface area contributed by atoms with E-state index in [1.54, 1.807) is 0 Å². The number of aryl methyl sites for hydroxylation is 3. The smallest absolute Gasteiger partial charge is 0.0400 e. The monoisotopic (exact) mass is 981 g/mol. The van der Waals surface area contributed by atoms with Crippen LogP contribution in [0.2, 0.25) is 0 Å². The number of anilines is 2. The van der Waals surface area contributed by atoms with E-state index in [2.05, 4.69) is 162 Å². The van der Waals surface area contributed by atoms with Gasteiger partial charge >= 0.3 is 0 Å². The number of aromatic nitrogens is 3. The first-order valence-electron chi connectivity index (χ1n) is 27.8. The fraction of sp³-hybridized carbons (Fsp3) is 0.737. The van der Waals surface area contributed by atoms with Gasteiger partial charge in [0.25, 0.3) is 0 Å². The summed E-state index contributed by atoms with van der Waals surface area (Å²) in [6.07, 6.45) is 15.1. The molecule has 0 atom stereocenters. The molecule has 0 radical (unpaired) electrons. The van der Waals surface area contributed by atoms with Gasteiger partial charge < -0.3 is 44.1 Å². The quantitative estimate of drug-likeness (QED) is 0.322. The lowest BCUT2D eigenvalue weighted by Crippen LogP contribution is -2.51. The van der Waals surface area contributed by atoms with Gasteiger partial charge in [-0.1, -0.05) is 0 Å². The number of rotatable bonds is 5. The molecular formula is C57H100N14. The van der Waals surface area contributed by atoms with Crippen LogP contribution in [-0.2, 0) is 0 Å². The third-order valence-electron chi connectivity index (χ3n) is 16.3. The Balaban J connectivity index is 0.000000145. The van der Waals surface area contributed by atoms with Crippen molar-refractivity contribution in [2.24, 2.45) is 0 Å². The van der Waals surface area contributed by atoms with Crippen molar-refractivity contribution >= 4 is 11.4 Å². The third-order valence-corrected chi connectivity index (χ3v) is 16.3. The van der Waals surface area contributed by atoms with Crippen LogP contribution in [0.5, 0.6) is 0 Å². The van der Waals surface area contributed by atoms with Crippen LogP contribution in [-0.4, -0.2) is 264 Å². The van der Waals surface area contributed by atoms with Crippen molar-refractivity contribution in [3.63, 3.8) is 0 Å². The number of hydrogen-bond acceptors (Lipinski definition) is 14. The molecule has 0 amide bonds. The van der Waals surface area contributed by atoms with E-state index in [1.807, 2.05) is 32.4 Å². The summed E-state index contributed by atoms with van der Waals surface area (Å²) in [7, 11) is 15.5. The summed E-state index contributed by atoms with van der Waals surface area (Å²) in [6.45, 7) is 33.1. The molecule has 7 aliphatic heterocycles. The Bertz CT molecular complexity index is 1740. The first-order valence-corrected chi connectivity index (χ1v) is 27.8. The molecule has 10 rings (SSSR count). The summed E-state index contributed by atoms with van der Waals surface area (Å²) in [5.41, 5.74) is 7.45. The van der Waals surface area contributed by atoms with Crippen molar-refractivity contribution in [3.05, 3.63) is 77.6 Å². The van der Waals surface area contributed by atoms with Crippen LogP contribution < -0.4 is 9.80 Å². The molecule has 0 unspecified atom stereocenters. The van der Waals surface area contributed by atoms with E-state index in [9.17, 15) is 0 Å². The fourth-order valence-corrected chi connectivity index (χ4v) is 11.1. The highest BCUT2D eigenvalue weighted by Crippen LogP contribution is 2.27. The Morgan fingerprint density at radius 2 is 0.662 bits per heavy atom. The van der Waals surface area contributed by atoms with E-state index in [0.29, 0.717) is 0 Å². The fourth-order valence-electron chi connectivity index (χ4n) is 11.1. The second-order valence-electron chi connectivity index (χ2n) is 22.3. The molecule has 3 aromatic heterocycles. The van der Waals surface area contributed by atoms with Gasteiger partial charge in [-0.15, -0.1) is 0 Å². The summed E-state index contributed by atoms with van der Waals surface area (Å²) >= 11 is 0. The van der Waals surface area contributed by atoms with Gasteiger partial charge in [-0.05, 0) is 209 Å². The topological polar surface area (TPSA) is 74.3 Å². The Kier molecular flexibility index (Phi) is 24.2. The molecule has 0 aliphatic carbocycles. The molecule has 0 spiro atoms. The minimum Gasteiger partial charge on any atom is -0.370 e. The number of piperazine rings is 3. The number of pyridine rings is 3. The lowest BCUT2D eigenvalue weighted by molar-refractivity contribution is 0.0742. The van der Waals surface area contributed by atoms with Gasteiger partial charge in [-0.2, -0.15) is 0 Å². The van der Waals surface area contributed by atoms with Gasteiger partial charge in [0.1, 0.15) is 0 Å². The predicted octanol–water partition coefficient (Wildman–Crippen LogP) is 5.53. The predicted molar refractivity (Wildman–Crippen MR) is 300 cm³/mol. The molecule has 7 saturated heterocycles. The summed E-state index contributed by atoms with van der Waals surface area (Å²) in [5, 5.41) is 0. The maximum absolute atomic E-state index is 4.24. The Hall–Kier alpha value is -3.31. The molecule has 0 saturated carbocycles. The highest BCUT2D eigenvalue weighted by atomic mass is 15.3. The van der Waals surface area contributed by atoms with Gasteiger partial charge in [0.05, 0.1) is 0 Å². The maximum Gasteiger partial charge on any atom is 0.0400 e. The largest absolute Gasteiger partial charge is 0.370 e. The SMILES string of the molecule is CN1CCC(N2CCN(C)CC2)CC1.CN1CCC(N2CCN(C)CC2)CC1.Cc1cc(C2CCN(C)CC2)ccn1.Cc1cc(N2CCCN(C)CC2)ccn1.Cc1cc(N2CCN(C)CC2)ccn1. The van der Waals surface area contributed by atoms with E-state index >= 15 is 0 Å². The van der Waals surface area contributed by atoms with E-state index in [0.717, 1.165) is 80.9 Å². The summed E-state index contributed by atoms with van der Waals surface area (Å²) < 4.78 is 0. The minimum absolute atomic E-state index is 0.757. The van der Waals surface area contributed by atoms with Gasteiger partial charge in [0, 0.05) is 157 Å². The first kappa shape index (κ1) is 57.0. The van der Waals surface area contributed by atoms with Crippen LogP contribution in [0.15, 0.2) is 55.0 Å². The van der Waals surface area contributed by atoms with Gasteiger partial charge in [0.15, 0.2) is 0 Å². The van der Waals surface area contributed by atoms with E-state index in [1.165, 1.54) is 160 Å². The third kappa shape index (κ3) is 20.1. The van der Waals surface area contributed by atoms with E-state index in [4.69, 9.17) is 0 Å². The Labute approximate surface area is 433 Å². The van der Waals surface area contributed by atoms with Crippen molar-refractivity contribution in [2.45, 2.75) is 83.7 Å². The zero-order chi connectivity index (χ0) is 50.5. The molecule has 0 aromatic carbocycles. The molecule has 0 N–H and O–H groups in total. The second kappa shape index (κ2) is 30.2. The summed E-state index contributed by atoms with van der Waals surface area (Å²) in [5.74, 6) is 0.757. The summed E-state index contributed by atoms with van der Waals surface area (Å²) in [6, 6.07) is 14.7. The highest BCUT2D eigenvalue weighted by molar-refractivity contribution is 5.47. The van der Waals surface area contributed by atoms with E-state index < -0.39 is 0 Å². The lowest BCUT2D eigenvalue weighted by atomic mass is 9.90. The average molecular weight is 982 g/mol. The van der Waals surface area contributed by atoms with E-state index in [-0.39, 0.29) is 0 Å². The van der Waals surface area contributed by atoms with Crippen molar-refractivity contribution in [3.8, 4) is 0 Å². The van der Waals surface area contributed by atoms with Gasteiger partial charge in [-0.3, -0.25) is 24.8 Å². The van der Waals surface area contributed by atoms with Crippen LogP contribution >= 0.6 is 0 Å². The van der Waals surface area contributed by atoms with Gasteiger partial charge in [-0.25, -0.2) is 0 Å². The number of likely N-dealkylation sites (tertiary alicyclic amines) is 3. The van der Waals surface area contributed by atoms with Crippen molar-refractivity contribution in [2.75, 3.05) is 203 Å². The lowest BCUT2D eigenvalue weighted by Gasteiger charge is -2.41. The molecular weight excluding hydrogens is 881 g/mol. The zero-order valence-electron chi connectivity index (χ0n) is 46.7. The summed E-state index contributed by atoms with van der Waals surface area (Å²) in [4.78, 5) is 39.9.